The summed E-state index contributed by atoms with van der Waals surface area (Å²) in [7, 11) is 3.25. The van der Waals surface area contributed by atoms with Gasteiger partial charge >= 0.3 is 0 Å². The Morgan fingerprint density at radius 3 is 2.52 bits per heavy atom. The number of anilines is 2. The molecule has 0 heterocycles. The van der Waals surface area contributed by atoms with Gasteiger partial charge in [-0.15, -0.1) is 12.4 Å². The van der Waals surface area contributed by atoms with E-state index in [0.29, 0.717) is 23.7 Å². The van der Waals surface area contributed by atoms with E-state index in [4.69, 9.17) is 4.74 Å². The molecule has 0 bridgehead atoms. The summed E-state index contributed by atoms with van der Waals surface area (Å²) in [6, 6.07) is 10.3. The van der Waals surface area contributed by atoms with Crippen LogP contribution in [0, 0.1) is 11.7 Å². The van der Waals surface area contributed by atoms with Crippen molar-refractivity contribution in [3.05, 3.63) is 53.8 Å². The first-order valence-electron chi connectivity index (χ1n) is 8.15. The molecule has 6 nitrogen and oxygen atoms in total. The number of hydrogen-bond donors (Lipinski definition) is 3. The molecule has 0 saturated heterocycles. The van der Waals surface area contributed by atoms with E-state index in [-0.39, 0.29) is 29.8 Å². The van der Waals surface area contributed by atoms with Crippen molar-refractivity contribution in [2.45, 2.75) is 6.92 Å². The third-order valence-electron chi connectivity index (χ3n) is 3.76. The van der Waals surface area contributed by atoms with E-state index >= 15 is 0 Å². The minimum Gasteiger partial charge on any atom is -0.495 e. The second-order valence-corrected chi connectivity index (χ2v) is 5.83. The number of hydrogen-bond acceptors (Lipinski definition) is 4. The Labute approximate surface area is 163 Å². The second-order valence-electron chi connectivity index (χ2n) is 5.83. The summed E-state index contributed by atoms with van der Waals surface area (Å²) in [6.07, 6.45) is 0. The highest BCUT2D eigenvalue weighted by Crippen LogP contribution is 2.28. The molecule has 0 aliphatic rings. The fourth-order valence-electron chi connectivity index (χ4n) is 2.37. The van der Waals surface area contributed by atoms with Crippen molar-refractivity contribution in [3.8, 4) is 5.75 Å². The lowest BCUT2D eigenvalue weighted by molar-refractivity contribution is -0.119. The molecule has 27 heavy (non-hydrogen) atoms. The van der Waals surface area contributed by atoms with Crippen molar-refractivity contribution in [2.75, 3.05) is 31.3 Å². The maximum atomic E-state index is 13.3. The fourth-order valence-corrected chi connectivity index (χ4v) is 2.37. The molecule has 2 rings (SSSR count). The van der Waals surface area contributed by atoms with Gasteiger partial charge in [-0.2, -0.15) is 0 Å². The number of amides is 2. The van der Waals surface area contributed by atoms with E-state index in [1.165, 1.54) is 25.3 Å². The highest BCUT2D eigenvalue weighted by atomic mass is 35.5. The topological polar surface area (TPSA) is 79.5 Å². The van der Waals surface area contributed by atoms with Crippen LogP contribution in [0.15, 0.2) is 42.5 Å². The first-order chi connectivity index (χ1) is 12.4. The SMILES string of the molecule is CNCC(C)C(=O)Nc1ccc(OC)c(NC(=O)c2cccc(F)c2)c1.Cl. The molecule has 0 radical (unpaired) electrons. The number of nitrogens with one attached hydrogen (secondary N) is 3. The Hall–Kier alpha value is -2.64. The summed E-state index contributed by atoms with van der Waals surface area (Å²) in [5, 5.41) is 8.42. The Kier molecular flexibility index (Phi) is 8.71. The van der Waals surface area contributed by atoms with Gasteiger partial charge in [-0.05, 0) is 43.4 Å². The maximum absolute atomic E-state index is 13.3. The van der Waals surface area contributed by atoms with Gasteiger partial charge in [-0.25, -0.2) is 4.39 Å². The van der Waals surface area contributed by atoms with Crippen LogP contribution in [0.4, 0.5) is 15.8 Å². The Bertz CT molecular complexity index is 802. The quantitative estimate of drug-likeness (QED) is 0.672. The molecule has 0 spiro atoms. The number of rotatable bonds is 7. The van der Waals surface area contributed by atoms with Crippen molar-refractivity contribution >= 4 is 35.6 Å². The van der Waals surface area contributed by atoms with E-state index in [0.717, 1.165) is 6.07 Å². The van der Waals surface area contributed by atoms with Crippen molar-refractivity contribution in [3.63, 3.8) is 0 Å². The first kappa shape index (κ1) is 22.4. The Morgan fingerprint density at radius 2 is 1.89 bits per heavy atom. The molecule has 2 aromatic carbocycles. The standard InChI is InChI=1S/C19H22FN3O3.ClH/c1-12(11-21-2)18(24)22-15-7-8-17(26-3)16(10-15)23-19(25)13-5-4-6-14(20)9-13;/h4-10,12,21H,11H2,1-3H3,(H,22,24)(H,23,25);1H. The summed E-state index contributed by atoms with van der Waals surface area (Å²) < 4.78 is 18.5. The largest absolute Gasteiger partial charge is 0.495 e. The summed E-state index contributed by atoms with van der Waals surface area (Å²) in [4.78, 5) is 24.5. The van der Waals surface area contributed by atoms with Gasteiger partial charge in [0.2, 0.25) is 5.91 Å². The molecule has 1 unspecified atom stereocenters. The molecule has 0 fully saturated rings. The Morgan fingerprint density at radius 1 is 1.15 bits per heavy atom. The highest BCUT2D eigenvalue weighted by Gasteiger charge is 2.15. The van der Waals surface area contributed by atoms with Crippen molar-refractivity contribution in [1.82, 2.24) is 5.32 Å². The van der Waals surface area contributed by atoms with Crippen molar-refractivity contribution < 1.29 is 18.7 Å². The number of ether oxygens (including phenoxy) is 1. The molecule has 0 aliphatic carbocycles. The van der Waals surface area contributed by atoms with E-state index < -0.39 is 11.7 Å². The number of carbonyl (C=O) groups excluding carboxylic acids is 2. The highest BCUT2D eigenvalue weighted by molar-refractivity contribution is 6.05. The minimum absolute atomic E-state index is 0. The molecule has 3 N–H and O–H groups in total. The lowest BCUT2D eigenvalue weighted by Crippen LogP contribution is -2.28. The number of benzene rings is 2. The van der Waals surface area contributed by atoms with Gasteiger partial charge in [0.1, 0.15) is 11.6 Å². The van der Waals surface area contributed by atoms with Gasteiger partial charge < -0.3 is 20.7 Å². The third kappa shape index (κ3) is 6.23. The van der Waals surface area contributed by atoms with Gasteiger partial charge in [0.25, 0.3) is 5.91 Å². The molecule has 0 aliphatic heterocycles. The zero-order valence-corrected chi connectivity index (χ0v) is 16.2. The molecular formula is C19H23ClFN3O3. The average Bonchev–Trinajstić information content (AvgIpc) is 2.62. The van der Waals surface area contributed by atoms with Gasteiger partial charge in [-0.3, -0.25) is 9.59 Å². The minimum atomic E-state index is -0.496. The molecule has 0 saturated carbocycles. The van der Waals surface area contributed by atoms with Crippen LogP contribution in [-0.4, -0.2) is 32.5 Å². The summed E-state index contributed by atoms with van der Waals surface area (Å²) in [6.45, 7) is 2.35. The van der Waals surface area contributed by atoms with Crippen molar-refractivity contribution in [1.29, 1.82) is 0 Å². The van der Waals surface area contributed by atoms with Crippen LogP contribution < -0.4 is 20.7 Å². The second kappa shape index (κ2) is 10.5. The van der Waals surface area contributed by atoms with E-state index in [1.807, 2.05) is 6.92 Å². The summed E-state index contributed by atoms with van der Waals surface area (Å²) in [5.41, 5.74) is 1.08. The zero-order valence-electron chi connectivity index (χ0n) is 15.3. The number of methoxy groups -OCH3 is 1. The molecule has 0 aromatic heterocycles. The molecule has 146 valence electrons. The van der Waals surface area contributed by atoms with E-state index in [2.05, 4.69) is 16.0 Å². The van der Waals surface area contributed by atoms with Crippen LogP contribution in [-0.2, 0) is 4.79 Å². The molecule has 1 atom stereocenters. The Balaban J connectivity index is 0.00000364. The molecule has 2 amide bonds. The normalized spacial score (nSPS) is 11.1. The van der Waals surface area contributed by atoms with Crippen LogP contribution in [0.5, 0.6) is 5.75 Å². The monoisotopic (exact) mass is 395 g/mol. The number of carbonyl (C=O) groups is 2. The average molecular weight is 396 g/mol. The smallest absolute Gasteiger partial charge is 0.255 e. The number of halogens is 2. The lowest BCUT2D eigenvalue weighted by atomic mass is 10.1. The summed E-state index contributed by atoms with van der Waals surface area (Å²) >= 11 is 0. The van der Waals surface area contributed by atoms with Crippen LogP contribution >= 0.6 is 12.4 Å². The van der Waals surface area contributed by atoms with Crippen LogP contribution in [0.3, 0.4) is 0 Å². The zero-order chi connectivity index (χ0) is 19.1. The van der Waals surface area contributed by atoms with Crippen LogP contribution in [0.1, 0.15) is 17.3 Å². The van der Waals surface area contributed by atoms with Crippen molar-refractivity contribution in [2.24, 2.45) is 5.92 Å². The van der Waals surface area contributed by atoms with Crippen LogP contribution in [0.25, 0.3) is 0 Å². The summed E-state index contributed by atoms with van der Waals surface area (Å²) in [5.74, 6) is -0.908. The maximum Gasteiger partial charge on any atom is 0.255 e. The van der Waals surface area contributed by atoms with Gasteiger partial charge in [0.05, 0.1) is 12.8 Å². The van der Waals surface area contributed by atoms with Crippen LogP contribution in [0.2, 0.25) is 0 Å². The van der Waals surface area contributed by atoms with E-state index in [1.54, 1.807) is 25.2 Å². The van der Waals surface area contributed by atoms with Gasteiger partial charge in [-0.1, -0.05) is 13.0 Å². The van der Waals surface area contributed by atoms with E-state index in [9.17, 15) is 14.0 Å². The lowest BCUT2D eigenvalue weighted by Gasteiger charge is -2.15. The molecular weight excluding hydrogens is 373 g/mol. The predicted octanol–water partition coefficient (Wildman–Crippen LogP) is 3.30. The van der Waals surface area contributed by atoms with Gasteiger partial charge in [0.15, 0.2) is 0 Å². The fraction of sp³-hybridized carbons (Fsp3) is 0.263. The molecule has 8 heteroatoms. The third-order valence-corrected chi connectivity index (χ3v) is 3.76. The van der Waals surface area contributed by atoms with Gasteiger partial charge in [0, 0.05) is 23.7 Å². The predicted molar refractivity (Wildman–Crippen MR) is 106 cm³/mol. The first-order valence-corrected chi connectivity index (χ1v) is 8.15. The molecule has 2 aromatic rings.